The van der Waals surface area contributed by atoms with Crippen LogP contribution in [0.25, 0.3) is 0 Å². The van der Waals surface area contributed by atoms with E-state index in [1.54, 1.807) is 0 Å². The van der Waals surface area contributed by atoms with Crippen molar-refractivity contribution in [3.05, 3.63) is 0 Å². The van der Waals surface area contributed by atoms with Crippen LogP contribution >= 0.6 is 10.0 Å². The van der Waals surface area contributed by atoms with E-state index in [4.69, 9.17) is 0 Å². The molecule has 0 saturated carbocycles. The number of rotatable bonds is 6. The van der Waals surface area contributed by atoms with Crippen molar-refractivity contribution in [2.45, 2.75) is 51.7 Å². The van der Waals surface area contributed by atoms with Gasteiger partial charge >= 0.3 is 0 Å². The SMILES string of the molecule is CCCC(CC(C)CC)S(C)(C)C. The normalized spacial score (nSPS) is 18.3. The van der Waals surface area contributed by atoms with Gasteiger partial charge in [0, 0.05) is 0 Å². The van der Waals surface area contributed by atoms with Crippen molar-refractivity contribution in [1.29, 1.82) is 0 Å². The van der Waals surface area contributed by atoms with Gasteiger partial charge in [0.15, 0.2) is 0 Å². The zero-order valence-electron chi connectivity index (χ0n) is 10.4. The van der Waals surface area contributed by atoms with Crippen molar-refractivity contribution >= 4 is 10.0 Å². The van der Waals surface area contributed by atoms with Crippen LogP contribution in [0.1, 0.15) is 46.5 Å². The highest BCUT2D eigenvalue weighted by molar-refractivity contribution is 8.32. The van der Waals surface area contributed by atoms with Gasteiger partial charge in [-0.15, -0.1) is 0 Å². The smallest absolute Gasteiger partial charge is 0.0117 e. The molecule has 0 spiro atoms. The fourth-order valence-corrected chi connectivity index (χ4v) is 3.55. The summed E-state index contributed by atoms with van der Waals surface area (Å²) in [7, 11) is -0.332. The Bertz CT molecular complexity index is 124. The van der Waals surface area contributed by atoms with Crippen LogP contribution in [-0.4, -0.2) is 24.0 Å². The Kier molecular flexibility index (Phi) is 6.11. The first-order chi connectivity index (χ1) is 5.91. The predicted molar refractivity (Wildman–Crippen MR) is 68.1 cm³/mol. The van der Waals surface area contributed by atoms with E-state index < -0.39 is 0 Å². The zero-order chi connectivity index (χ0) is 10.5. The molecule has 0 aromatic rings. The molecule has 0 radical (unpaired) electrons. The molecule has 1 heteroatoms. The fourth-order valence-electron chi connectivity index (χ4n) is 1.70. The van der Waals surface area contributed by atoms with E-state index in [2.05, 4.69) is 39.5 Å². The van der Waals surface area contributed by atoms with Crippen molar-refractivity contribution in [3.63, 3.8) is 0 Å². The van der Waals surface area contributed by atoms with E-state index >= 15 is 0 Å². The number of hydrogen-bond acceptors (Lipinski definition) is 0. The summed E-state index contributed by atoms with van der Waals surface area (Å²) in [6.45, 7) is 7.02. The summed E-state index contributed by atoms with van der Waals surface area (Å²) < 4.78 is 0. The maximum atomic E-state index is 2.47. The van der Waals surface area contributed by atoms with E-state index in [0.717, 1.165) is 11.2 Å². The molecular formula is C12H28S. The molecule has 13 heavy (non-hydrogen) atoms. The van der Waals surface area contributed by atoms with Crippen LogP contribution in [0.4, 0.5) is 0 Å². The van der Waals surface area contributed by atoms with Crippen molar-refractivity contribution < 1.29 is 0 Å². The summed E-state index contributed by atoms with van der Waals surface area (Å²) in [5.41, 5.74) is 0. The Balaban J connectivity index is 4.10. The Morgan fingerprint density at radius 1 is 1.08 bits per heavy atom. The zero-order valence-corrected chi connectivity index (χ0v) is 11.2. The maximum absolute atomic E-state index is 2.47. The Morgan fingerprint density at radius 3 is 1.92 bits per heavy atom. The van der Waals surface area contributed by atoms with Crippen LogP contribution in [0.3, 0.4) is 0 Å². The molecule has 0 amide bonds. The lowest BCUT2D eigenvalue weighted by molar-refractivity contribution is 0.489. The third-order valence-electron chi connectivity index (χ3n) is 2.97. The summed E-state index contributed by atoms with van der Waals surface area (Å²) in [6.07, 6.45) is 13.0. The van der Waals surface area contributed by atoms with Crippen LogP contribution in [0.2, 0.25) is 0 Å². The molecule has 0 aromatic carbocycles. The highest BCUT2D eigenvalue weighted by Gasteiger charge is 2.20. The lowest BCUT2D eigenvalue weighted by Crippen LogP contribution is -2.18. The minimum Gasteiger partial charge on any atom is -0.247 e. The van der Waals surface area contributed by atoms with Gasteiger partial charge in [-0.1, -0.05) is 33.6 Å². The lowest BCUT2D eigenvalue weighted by Gasteiger charge is -2.37. The second-order valence-electron chi connectivity index (χ2n) is 5.09. The standard InChI is InChI=1S/C12H28S/c1-7-9-12(13(4,5)6)10-11(3)8-2/h11-12H,7-10H2,1-6H3. The third-order valence-corrected chi connectivity index (χ3v) is 5.40. The topological polar surface area (TPSA) is 0 Å². The molecule has 0 heterocycles. The molecule has 0 fully saturated rings. The first-order valence-corrected chi connectivity index (χ1v) is 8.51. The minimum absolute atomic E-state index is 0.332. The lowest BCUT2D eigenvalue weighted by atomic mass is 10.0. The fraction of sp³-hybridized carbons (Fsp3) is 1.00. The molecular weight excluding hydrogens is 176 g/mol. The molecule has 2 atom stereocenters. The Morgan fingerprint density at radius 2 is 1.62 bits per heavy atom. The summed E-state index contributed by atoms with van der Waals surface area (Å²) in [5, 5.41) is 0.993. The van der Waals surface area contributed by atoms with Crippen molar-refractivity contribution in [3.8, 4) is 0 Å². The van der Waals surface area contributed by atoms with Crippen LogP contribution in [0.5, 0.6) is 0 Å². The molecule has 0 aliphatic rings. The molecule has 0 rings (SSSR count). The van der Waals surface area contributed by atoms with Crippen LogP contribution < -0.4 is 0 Å². The maximum Gasteiger partial charge on any atom is -0.0117 e. The van der Waals surface area contributed by atoms with E-state index in [9.17, 15) is 0 Å². The molecule has 0 saturated heterocycles. The van der Waals surface area contributed by atoms with E-state index in [1.165, 1.54) is 25.7 Å². The second-order valence-corrected chi connectivity index (χ2v) is 9.62. The summed E-state index contributed by atoms with van der Waals surface area (Å²) in [4.78, 5) is 0. The van der Waals surface area contributed by atoms with Crippen molar-refractivity contribution in [2.75, 3.05) is 18.8 Å². The molecule has 0 bridgehead atoms. The summed E-state index contributed by atoms with van der Waals surface area (Å²) in [5.74, 6) is 0.920. The van der Waals surface area contributed by atoms with Crippen LogP contribution in [0.15, 0.2) is 0 Å². The predicted octanol–water partition coefficient (Wildman–Crippen LogP) is 4.29. The van der Waals surface area contributed by atoms with Gasteiger partial charge < -0.3 is 0 Å². The van der Waals surface area contributed by atoms with E-state index in [0.29, 0.717) is 0 Å². The van der Waals surface area contributed by atoms with Gasteiger partial charge in [0.05, 0.1) is 0 Å². The van der Waals surface area contributed by atoms with Gasteiger partial charge in [0.2, 0.25) is 0 Å². The van der Waals surface area contributed by atoms with E-state index in [1.807, 2.05) is 0 Å². The second kappa shape index (κ2) is 5.95. The first-order valence-electron chi connectivity index (χ1n) is 5.59. The first kappa shape index (κ1) is 13.4. The van der Waals surface area contributed by atoms with Gasteiger partial charge in [-0.05, 0) is 42.8 Å². The number of hydrogen-bond donors (Lipinski definition) is 0. The van der Waals surface area contributed by atoms with Crippen LogP contribution in [0, 0.1) is 5.92 Å². The van der Waals surface area contributed by atoms with Gasteiger partial charge in [0.1, 0.15) is 0 Å². The van der Waals surface area contributed by atoms with Gasteiger partial charge in [-0.25, -0.2) is 10.0 Å². The molecule has 0 aliphatic carbocycles. The average Bonchev–Trinajstić information content (AvgIpc) is 2.01. The molecule has 0 aliphatic heterocycles. The van der Waals surface area contributed by atoms with Gasteiger partial charge in [-0.3, -0.25) is 0 Å². The van der Waals surface area contributed by atoms with Crippen molar-refractivity contribution in [1.82, 2.24) is 0 Å². The molecule has 0 N–H and O–H groups in total. The largest absolute Gasteiger partial charge is 0.247 e. The van der Waals surface area contributed by atoms with Crippen molar-refractivity contribution in [2.24, 2.45) is 5.92 Å². The molecule has 2 unspecified atom stereocenters. The quantitative estimate of drug-likeness (QED) is 0.605. The van der Waals surface area contributed by atoms with Gasteiger partial charge in [-0.2, -0.15) is 0 Å². The Labute approximate surface area is 86.8 Å². The monoisotopic (exact) mass is 204 g/mol. The molecule has 0 aromatic heterocycles. The minimum atomic E-state index is -0.332. The highest BCUT2D eigenvalue weighted by atomic mass is 32.3. The van der Waals surface area contributed by atoms with Crippen LogP contribution in [-0.2, 0) is 0 Å². The van der Waals surface area contributed by atoms with Gasteiger partial charge in [0.25, 0.3) is 0 Å². The average molecular weight is 204 g/mol. The Hall–Kier alpha value is 0.350. The highest BCUT2D eigenvalue weighted by Crippen LogP contribution is 2.46. The molecule has 82 valence electrons. The van der Waals surface area contributed by atoms with E-state index in [-0.39, 0.29) is 10.0 Å². The third kappa shape index (κ3) is 5.61. The summed E-state index contributed by atoms with van der Waals surface area (Å²) in [6, 6.07) is 0. The summed E-state index contributed by atoms with van der Waals surface area (Å²) >= 11 is 0. The molecule has 0 nitrogen and oxygen atoms in total.